The number of aliphatic hydroxyl groups is 1. The molecule has 0 spiro atoms. The molecular weight excluding hydrogens is 398 g/mol. The number of benzene rings is 2. The van der Waals surface area contributed by atoms with Gasteiger partial charge < -0.3 is 19.1 Å². The molecule has 0 fully saturated rings. The molecule has 1 heterocycles. The number of aromatic nitrogens is 3. The van der Waals surface area contributed by atoms with Gasteiger partial charge in [-0.05, 0) is 31.5 Å². The van der Waals surface area contributed by atoms with E-state index >= 15 is 0 Å². The molecule has 7 heteroatoms. The molecule has 1 N–H and O–H groups in total. The van der Waals surface area contributed by atoms with Crippen LogP contribution in [0, 0.1) is 0 Å². The molecule has 0 radical (unpaired) electrons. The van der Waals surface area contributed by atoms with Gasteiger partial charge in [-0.25, -0.2) is 0 Å². The van der Waals surface area contributed by atoms with Gasteiger partial charge in [-0.2, -0.15) is 0 Å². The van der Waals surface area contributed by atoms with Crippen molar-refractivity contribution in [1.29, 1.82) is 0 Å². The van der Waals surface area contributed by atoms with Crippen LogP contribution in [0.1, 0.15) is 19.4 Å². The SMILES string of the molecule is C/C=C/c1ccc(OCC(O)CSc2nnc(-c3ccccc3)n2CC)c(OC)c1. The normalized spacial score (nSPS) is 12.3. The first-order valence-corrected chi connectivity index (χ1v) is 10.9. The van der Waals surface area contributed by atoms with E-state index in [9.17, 15) is 5.11 Å². The zero-order valence-corrected chi connectivity index (χ0v) is 18.3. The highest BCUT2D eigenvalue weighted by atomic mass is 32.2. The van der Waals surface area contributed by atoms with Crippen molar-refractivity contribution in [3.63, 3.8) is 0 Å². The Morgan fingerprint density at radius 2 is 1.93 bits per heavy atom. The number of hydrogen-bond acceptors (Lipinski definition) is 6. The summed E-state index contributed by atoms with van der Waals surface area (Å²) in [6.45, 7) is 4.94. The summed E-state index contributed by atoms with van der Waals surface area (Å²) in [5.41, 5.74) is 2.06. The van der Waals surface area contributed by atoms with Crippen molar-refractivity contribution in [2.24, 2.45) is 0 Å². The van der Waals surface area contributed by atoms with Gasteiger partial charge in [-0.15, -0.1) is 10.2 Å². The molecule has 30 heavy (non-hydrogen) atoms. The van der Waals surface area contributed by atoms with Gasteiger partial charge in [0, 0.05) is 17.9 Å². The van der Waals surface area contributed by atoms with Gasteiger partial charge >= 0.3 is 0 Å². The van der Waals surface area contributed by atoms with Crippen molar-refractivity contribution < 1.29 is 14.6 Å². The van der Waals surface area contributed by atoms with Gasteiger partial charge in [0.1, 0.15) is 6.61 Å². The summed E-state index contributed by atoms with van der Waals surface area (Å²) in [7, 11) is 1.61. The number of nitrogens with zero attached hydrogens (tertiary/aromatic N) is 3. The second kappa shape index (κ2) is 10.8. The highest BCUT2D eigenvalue weighted by Crippen LogP contribution is 2.29. The third kappa shape index (κ3) is 5.43. The molecule has 158 valence electrons. The molecule has 0 aliphatic rings. The second-order valence-electron chi connectivity index (χ2n) is 6.60. The third-order valence-corrected chi connectivity index (χ3v) is 5.56. The molecular formula is C23H27N3O3S. The lowest BCUT2D eigenvalue weighted by molar-refractivity contribution is 0.124. The molecule has 0 aliphatic heterocycles. The molecule has 1 unspecified atom stereocenters. The van der Waals surface area contributed by atoms with Crippen molar-refractivity contribution in [1.82, 2.24) is 14.8 Å². The molecule has 0 amide bonds. The third-order valence-electron chi connectivity index (χ3n) is 4.45. The summed E-state index contributed by atoms with van der Waals surface area (Å²) in [4.78, 5) is 0. The number of allylic oxidation sites excluding steroid dienone is 1. The molecule has 6 nitrogen and oxygen atoms in total. The van der Waals surface area contributed by atoms with Crippen LogP contribution in [-0.4, -0.2) is 45.4 Å². The minimum atomic E-state index is -0.655. The lowest BCUT2D eigenvalue weighted by atomic mass is 10.2. The van der Waals surface area contributed by atoms with Crippen molar-refractivity contribution >= 4 is 17.8 Å². The van der Waals surface area contributed by atoms with Crippen LogP contribution in [-0.2, 0) is 6.54 Å². The van der Waals surface area contributed by atoms with Crippen LogP contribution in [0.2, 0.25) is 0 Å². The summed E-state index contributed by atoms with van der Waals surface area (Å²) >= 11 is 1.47. The van der Waals surface area contributed by atoms with E-state index in [0.29, 0.717) is 17.3 Å². The number of thioether (sulfide) groups is 1. The van der Waals surface area contributed by atoms with Crippen molar-refractivity contribution in [3.8, 4) is 22.9 Å². The average molecular weight is 426 g/mol. The number of rotatable bonds is 10. The summed E-state index contributed by atoms with van der Waals surface area (Å²) in [5, 5.41) is 19.8. The lowest BCUT2D eigenvalue weighted by Crippen LogP contribution is -2.20. The first-order valence-electron chi connectivity index (χ1n) is 9.89. The molecule has 3 rings (SSSR count). The van der Waals surface area contributed by atoms with Crippen molar-refractivity contribution in [3.05, 3.63) is 60.2 Å². The van der Waals surface area contributed by atoms with Crippen molar-refractivity contribution in [2.75, 3.05) is 19.5 Å². The molecule has 1 aromatic heterocycles. The summed E-state index contributed by atoms with van der Waals surface area (Å²) in [5.74, 6) is 2.53. The fourth-order valence-corrected chi connectivity index (χ4v) is 3.89. The minimum absolute atomic E-state index is 0.165. The molecule has 2 aromatic carbocycles. The first kappa shape index (κ1) is 21.9. The Morgan fingerprint density at radius 3 is 2.63 bits per heavy atom. The first-order chi connectivity index (χ1) is 14.7. The molecule has 0 saturated heterocycles. The minimum Gasteiger partial charge on any atom is -0.493 e. The Morgan fingerprint density at radius 1 is 1.13 bits per heavy atom. The highest BCUT2D eigenvalue weighted by molar-refractivity contribution is 7.99. The van der Waals surface area contributed by atoms with Gasteiger partial charge in [0.2, 0.25) is 0 Å². The fourth-order valence-electron chi connectivity index (χ4n) is 2.99. The van der Waals surface area contributed by atoms with E-state index in [-0.39, 0.29) is 6.61 Å². The van der Waals surface area contributed by atoms with Crippen LogP contribution in [0.3, 0.4) is 0 Å². The Kier molecular flexibility index (Phi) is 7.93. The molecule has 0 saturated carbocycles. The standard InChI is InChI=1S/C23H27N3O3S/c1-4-9-17-12-13-20(21(14-17)28-3)29-15-19(27)16-30-23-25-24-22(26(23)5-2)18-10-7-6-8-11-18/h4,6-14,19,27H,5,15-16H2,1-3H3/b9-4+. The van der Waals surface area contributed by atoms with Crippen LogP contribution in [0.25, 0.3) is 17.5 Å². The van der Waals surface area contributed by atoms with Gasteiger partial charge in [-0.1, -0.05) is 60.3 Å². The number of ether oxygens (including phenoxy) is 2. The van der Waals surface area contributed by atoms with Gasteiger partial charge in [0.25, 0.3) is 0 Å². The molecule has 0 aliphatic carbocycles. The summed E-state index contributed by atoms with van der Waals surface area (Å²) in [6.07, 6.45) is 3.30. The maximum atomic E-state index is 10.4. The van der Waals surface area contributed by atoms with Crippen LogP contribution < -0.4 is 9.47 Å². The number of aliphatic hydroxyl groups excluding tert-OH is 1. The van der Waals surface area contributed by atoms with E-state index in [0.717, 1.165) is 28.7 Å². The Hall–Kier alpha value is -2.77. The lowest BCUT2D eigenvalue weighted by Gasteiger charge is -2.15. The monoisotopic (exact) mass is 425 g/mol. The summed E-state index contributed by atoms with van der Waals surface area (Å²) < 4.78 is 13.2. The van der Waals surface area contributed by atoms with E-state index in [2.05, 4.69) is 21.7 Å². The maximum Gasteiger partial charge on any atom is 0.191 e. The van der Waals surface area contributed by atoms with Crippen LogP contribution >= 0.6 is 11.8 Å². The summed E-state index contributed by atoms with van der Waals surface area (Å²) in [6, 6.07) is 15.7. The zero-order valence-electron chi connectivity index (χ0n) is 17.5. The van der Waals surface area contributed by atoms with Gasteiger partial charge in [0.15, 0.2) is 22.5 Å². The predicted octanol–water partition coefficient (Wildman–Crippen LogP) is 4.54. The quantitative estimate of drug-likeness (QED) is 0.481. The van der Waals surface area contributed by atoms with Gasteiger partial charge in [0.05, 0.1) is 13.2 Å². The van der Waals surface area contributed by atoms with E-state index in [4.69, 9.17) is 9.47 Å². The van der Waals surface area contributed by atoms with E-state index in [1.165, 1.54) is 11.8 Å². The van der Waals surface area contributed by atoms with E-state index < -0.39 is 6.10 Å². The highest BCUT2D eigenvalue weighted by Gasteiger charge is 2.15. The fraction of sp³-hybridized carbons (Fsp3) is 0.304. The Balaban J connectivity index is 1.59. The zero-order chi connectivity index (χ0) is 21.3. The van der Waals surface area contributed by atoms with Gasteiger partial charge in [-0.3, -0.25) is 0 Å². The van der Waals surface area contributed by atoms with Crippen LogP contribution in [0.4, 0.5) is 0 Å². The molecule has 0 bridgehead atoms. The van der Waals surface area contributed by atoms with E-state index in [1.807, 2.05) is 67.6 Å². The largest absolute Gasteiger partial charge is 0.493 e. The molecule has 1 atom stereocenters. The Bertz CT molecular complexity index is 973. The van der Waals surface area contributed by atoms with Crippen LogP contribution in [0.15, 0.2) is 59.8 Å². The number of methoxy groups -OCH3 is 1. The maximum absolute atomic E-state index is 10.4. The van der Waals surface area contributed by atoms with Crippen LogP contribution in [0.5, 0.6) is 11.5 Å². The number of hydrogen-bond donors (Lipinski definition) is 1. The average Bonchev–Trinajstić information content (AvgIpc) is 3.20. The smallest absolute Gasteiger partial charge is 0.191 e. The predicted molar refractivity (Wildman–Crippen MR) is 121 cm³/mol. The second-order valence-corrected chi connectivity index (χ2v) is 7.59. The van der Waals surface area contributed by atoms with Crippen molar-refractivity contribution in [2.45, 2.75) is 31.7 Å². The topological polar surface area (TPSA) is 69.4 Å². The van der Waals surface area contributed by atoms with E-state index in [1.54, 1.807) is 7.11 Å². The Labute approximate surface area is 181 Å². The molecule has 3 aromatic rings.